The molecule has 0 saturated carbocycles. The number of carbonyl (C=O) groups is 2. The van der Waals surface area contributed by atoms with Crippen molar-refractivity contribution in [3.8, 4) is 11.8 Å². The fourth-order valence-corrected chi connectivity index (χ4v) is 4.77. The summed E-state index contributed by atoms with van der Waals surface area (Å²) in [5.41, 5.74) is 4.86. The van der Waals surface area contributed by atoms with E-state index in [4.69, 9.17) is 9.47 Å². The topological polar surface area (TPSA) is 100 Å². The zero-order chi connectivity index (χ0) is 25.5. The number of methoxy groups -OCH3 is 1. The normalized spacial score (nSPS) is 15.3. The van der Waals surface area contributed by atoms with Crippen molar-refractivity contribution in [3.63, 3.8) is 0 Å². The molecule has 0 fully saturated rings. The molecule has 0 unspecified atom stereocenters. The summed E-state index contributed by atoms with van der Waals surface area (Å²) in [6.07, 6.45) is 0. The molecule has 35 heavy (non-hydrogen) atoms. The highest BCUT2D eigenvalue weighted by Gasteiger charge is 2.37. The number of aryl methyl sites for hydroxylation is 2. The van der Waals surface area contributed by atoms with Gasteiger partial charge in [-0.2, -0.15) is 5.26 Å². The van der Waals surface area contributed by atoms with Crippen LogP contribution in [-0.4, -0.2) is 31.3 Å². The molecule has 2 aromatic rings. The maximum Gasteiger partial charge on any atom is 0.336 e. The number of nitriles is 1. The Kier molecular flexibility index (Phi) is 8.61. The lowest BCUT2D eigenvalue weighted by atomic mass is 9.82. The summed E-state index contributed by atoms with van der Waals surface area (Å²) < 4.78 is 10.8. The molecule has 182 valence electrons. The Morgan fingerprint density at radius 1 is 1.14 bits per heavy atom. The van der Waals surface area contributed by atoms with Crippen molar-refractivity contribution >= 4 is 29.3 Å². The van der Waals surface area contributed by atoms with Gasteiger partial charge in [-0.05, 0) is 57.0 Å². The minimum Gasteiger partial charge on any atom is -0.494 e. The molecule has 1 atom stereocenters. The zero-order valence-corrected chi connectivity index (χ0v) is 21.3. The monoisotopic (exact) mass is 491 g/mol. The van der Waals surface area contributed by atoms with Crippen LogP contribution in [0.2, 0.25) is 0 Å². The van der Waals surface area contributed by atoms with Crippen LogP contribution >= 0.6 is 11.8 Å². The first-order valence-corrected chi connectivity index (χ1v) is 12.2. The van der Waals surface area contributed by atoms with E-state index in [-0.39, 0.29) is 11.7 Å². The lowest BCUT2D eigenvalue weighted by Gasteiger charge is -2.30. The number of esters is 1. The molecule has 8 heteroatoms. The van der Waals surface area contributed by atoms with E-state index in [1.807, 2.05) is 63.2 Å². The van der Waals surface area contributed by atoms with Crippen molar-refractivity contribution in [2.75, 3.05) is 24.8 Å². The van der Waals surface area contributed by atoms with Gasteiger partial charge in [0.15, 0.2) is 0 Å². The molecular formula is C27H29N3O4S. The number of ether oxygens (including phenoxy) is 2. The van der Waals surface area contributed by atoms with Gasteiger partial charge in [-0.3, -0.25) is 4.79 Å². The molecule has 0 aliphatic carbocycles. The molecule has 0 aromatic heterocycles. The van der Waals surface area contributed by atoms with E-state index in [2.05, 4.69) is 16.7 Å². The van der Waals surface area contributed by atoms with Gasteiger partial charge < -0.3 is 20.1 Å². The van der Waals surface area contributed by atoms with Crippen LogP contribution in [0.4, 0.5) is 5.69 Å². The van der Waals surface area contributed by atoms with Crippen LogP contribution in [-0.2, 0) is 14.3 Å². The number of allylic oxidation sites excluding steroid dienone is 2. The number of hydrogen-bond donors (Lipinski definition) is 2. The van der Waals surface area contributed by atoms with Crippen molar-refractivity contribution < 1.29 is 19.1 Å². The molecule has 0 saturated heterocycles. The molecule has 0 spiro atoms. The number of nitrogens with one attached hydrogen (secondary N) is 2. The molecule has 1 aliphatic heterocycles. The standard InChI is InChI=1S/C27H29N3O4S/c1-6-34-22-10-8-7-9-20(22)25-21(14-28)26(29-18(4)24(25)27(32)33-5)35-15-23(31)30-19-12-11-16(2)17(3)13-19/h7-13,25,29H,6,15H2,1-5H3,(H,30,31)/t25-/m0/s1. The first-order valence-electron chi connectivity index (χ1n) is 11.2. The fourth-order valence-electron chi connectivity index (χ4n) is 3.88. The molecule has 7 nitrogen and oxygen atoms in total. The van der Waals surface area contributed by atoms with Crippen LogP contribution in [0.15, 0.2) is 64.3 Å². The van der Waals surface area contributed by atoms with E-state index in [0.29, 0.717) is 39.8 Å². The molecule has 1 amide bonds. The van der Waals surface area contributed by atoms with Gasteiger partial charge in [-0.25, -0.2) is 4.79 Å². The number of hydrogen-bond acceptors (Lipinski definition) is 7. The second kappa shape index (κ2) is 11.6. The van der Waals surface area contributed by atoms with Crippen LogP contribution in [0.1, 0.15) is 36.5 Å². The van der Waals surface area contributed by atoms with Gasteiger partial charge in [-0.1, -0.05) is 36.0 Å². The van der Waals surface area contributed by atoms with Crippen LogP contribution in [0.3, 0.4) is 0 Å². The van der Waals surface area contributed by atoms with Crippen molar-refractivity contribution in [2.24, 2.45) is 0 Å². The number of thioether (sulfide) groups is 1. The Bertz CT molecular complexity index is 1240. The molecule has 2 N–H and O–H groups in total. The Balaban J connectivity index is 1.93. The van der Waals surface area contributed by atoms with Gasteiger partial charge in [-0.15, -0.1) is 0 Å². The van der Waals surface area contributed by atoms with Crippen LogP contribution in [0.5, 0.6) is 5.75 Å². The number of amides is 1. The second-order valence-corrected chi connectivity index (χ2v) is 9.04. The van der Waals surface area contributed by atoms with Crippen LogP contribution in [0, 0.1) is 25.2 Å². The number of para-hydroxylation sites is 1. The van der Waals surface area contributed by atoms with Crippen molar-refractivity contribution in [1.82, 2.24) is 5.32 Å². The molecule has 0 bridgehead atoms. The third-order valence-corrected chi connectivity index (χ3v) is 6.74. The summed E-state index contributed by atoms with van der Waals surface area (Å²) >= 11 is 1.21. The molecule has 3 rings (SSSR count). The number of rotatable bonds is 8. The summed E-state index contributed by atoms with van der Waals surface area (Å²) in [4.78, 5) is 25.4. The van der Waals surface area contributed by atoms with Crippen molar-refractivity contribution in [1.29, 1.82) is 5.26 Å². The lowest BCUT2D eigenvalue weighted by molar-refractivity contribution is -0.136. The first kappa shape index (κ1) is 25.9. The number of benzene rings is 2. The van der Waals surface area contributed by atoms with Gasteiger partial charge in [0.1, 0.15) is 5.75 Å². The van der Waals surface area contributed by atoms with Gasteiger partial charge in [0.2, 0.25) is 5.91 Å². The van der Waals surface area contributed by atoms with Gasteiger partial charge in [0.05, 0.1) is 47.6 Å². The predicted octanol–water partition coefficient (Wildman–Crippen LogP) is 4.94. The SMILES string of the molecule is CCOc1ccccc1[C@H]1C(C#N)=C(SCC(=O)Nc2ccc(C)c(C)c2)NC(C)=C1C(=O)OC. The predicted molar refractivity (Wildman–Crippen MR) is 138 cm³/mol. The highest BCUT2D eigenvalue weighted by atomic mass is 32.2. The molecular weight excluding hydrogens is 462 g/mol. The number of anilines is 1. The van der Waals surface area contributed by atoms with Gasteiger partial charge in [0.25, 0.3) is 0 Å². The number of nitrogens with zero attached hydrogens (tertiary/aromatic N) is 1. The van der Waals surface area contributed by atoms with Crippen LogP contribution < -0.4 is 15.4 Å². The molecule has 1 heterocycles. The number of carbonyl (C=O) groups excluding carboxylic acids is 2. The highest BCUT2D eigenvalue weighted by molar-refractivity contribution is 8.03. The van der Waals surface area contributed by atoms with E-state index in [1.165, 1.54) is 18.9 Å². The minimum atomic E-state index is -0.693. The summed E-state index contributed by atoms with van der Waals surface area (Å²) in [6.45, 7) is 8.07. The summed E-state index contributed by atoms with van der Waals surface area (Å²) in [7, 11) is 1.31. The van der Waals surface area contributed by atoms with Crippen LogP contribution in [0.25, 0.3) is 0 Å². The zero-order valence-electron chi connectivity index (χ0n) is 20.5. The van der Waals surface area contributed by atoms with Gasteiger partial charge in [0, 0.05) is 16.9 Å². The average Bonchev–Trinajstić information content (AvgIpc) is 2.84. The Morgan fingerprint density at radius 2 is 1.89 bits per heavy atom. The van der Waals surface area contributed by atoms with E-state index < -0.39 is 11.9 Å². The Labute approximate surface area is 210 Å². The fraction of sp³-hybridized carbons (Fsp3) is 0.296. The maximum absolute atomic E-state index is 12.8. The first-order chi connectivity index (χ1) is 16.8. The highest BCUT2D eigenvalue weighted by Crippen LogP contribution is 2.44. The largest absolute Gasteiger partial charge is 0.494 e. The van der Waals surface area contributed by atoms with E-state index in [9.17, 15) is 14.9 Å². The Hall–Kier alpha value is -3.70. The molecule has 2 aromatic carbocycles. The summed E-state index contributed by atoms with van der Waals surface area (Å²) in [5.74, 6) is -0.754. The van der Waals surface area contributed by atoms with E-state index in [1.54, 1.807) is 6.92 Å². The van der Waals surface area contributed by atoms with E-state index in [0.717, 1.165) is 16.8 Å². The summed E-state index contributed by atoms with van der Waals surface area (Å²) in [5, 5.41) is 16.7. The average molecular weight is 492 g/mol. The van der Waals surface area contributed by atoms with Crippen molar-refractivity contribution in [3.05, 3.63) is 81.0 Å². The Morgan fingerprint density at radius 3 is 2.54 bits per heavy atom. The smallest absolute Gasteiger partial charge is 0.336 e. The molecule has 0 radical (unpaired) electrons. The lowest BCUT2D eigenvalue weighted by Crippen LogP contribution is -2.29. The minimum absolute atomic E-state index is 0.0844. The molecule has 1 aliphatic rings. The third kappa shape index (κ3) is 5.87. The van der Waals surface area contributed by atoms with E-state index >= 15 is 0 Å². The quantitative estimate of drug-likeness (QED) is 0.504. The third-order valence-electron chi connectivity index (χ3n) is 5.72. The second-order valence-electron chi connectivity index (χ2n) is 8.05. The number of dihydropyridines is 1. The maximum atomic E-state index is 12.8. The summed E-state index contributed by atoms with van der Waals surface area (Å²) in [6, 6.07) is 15.3. The van der Waals surface area contributed by atoms with Gasteiger partial charge >= 0.3 is 5.97 Å². The van der Waals surface area contributed by atoms with Crippen molar-refractivity contribution in [2.45, 2.75) is 33.6 Å².